The quantitative estimate of drug-likeness (QED) is 0.808. The van der Waals surface area contributed by atoms with Crippen LogP contribution in [0.5, 0.6) is 5.75 Å². The molecule has 0 fully saturated rings. The van der Waals surface area contributed by atoms with Crippen LogP contribution in [0, 0.1) is 5.82 Å². The first-order chi connectivity index (χ1) is 12.2. The first kappa shape index (κ1) is 20.2. The summed E-state index contributed by atoms with van der Waals surface area (Å²) in [5.41, 5.74) is 0.292. The fraction of sp³-hybridized carbons (Fsp3) is 0.235. The van der Waals surface area contributed by atoms with Crippen molar-refractivity contribution in [3.63, 3.8) is 0 Å². The highest BCUT2D eigenvalue weighted by Gasteiger charge is 2.21. The van der Waals surface area contributed by atoms with Crippen LogP contribution in [0.15, 0.2) is 41.3 Å². The van der Waals surface area contributed by atoms with Crippen LogP contribution in [-0.2, 0) is 16.6 Å². The Balaban J connectivity index is 2.34. The summed E-state index contributed by atoms with van der Waals surface area (Å²) in [5.74, 6) is -0.950. The molecule has 0 aliphatic heterocycles. The lowest BCUT2D eigenvalue weighted by molar-refractivity contribution is 0.0779. The number of amides is 1. The van der Waals surface area contributed by atoms with Gasteiger partial charge in [-0.25, -0.2) is 17.5 Å². The summed E-state index contributed by atoms with van der Waals surface area (Å²) in [4.78, 5) is 13.7. The summed E-state index contributed by atoms with van der Waals surface area (Å²) in [6.45, 7) is 0.102. The number of hydrogen-bond donors (Lipinski definition) is 1. The van der Waals surface area contributed by atoms with Crippen LogP contribution < -0.4 is 9.46 Å². The molecule has 2 aromatic carbocycles. The van der Waals surface area contributed by atoms with E-state index in [9.17, 15) is 17.6 Å². The first-order valence-corrected chi connectivity index (χ1v) is 9.36. The van der Waals surface area contributed by atoms with Crippen molar-refractivity contribution in [3.05, 3.63) is 58.4 Å². The number of ether oxygens (including phenoxy) is 1. The number of sulfonamides is 1. The van der Waals surface area contributed by atoms with E-state index in [1.165, 1.54) is 26.1 Å². The Hall–Kier alpha value is -2.16. The summed E-state index contributed by atoms with van der Waals surface area (Å²) in [5, 5.41) is 0.468. The summed E-state index contributed by atoms with van der Waals surface area (Å²) in [6.07, 6.45) is 0. The predicted molar refractivity (Wildman–Crippen MR) is 96.4 cm³/mol. The number of nitrogens with zero attached hydrogens (tertiary/aromatic N) is 1. The summed E-state index contributed by atoms with van der Waals surface area (Å²) < 4.78 is 45.2. The van der Waals surface area contributed by atoms with Gasteiger partial charge in [-0.2, -0.15) is 0 Å². The van der Waals surface area contributed by atoms with Crippen LogP contribution in [0.25, 0.3) is 0 Å². The average Bonchev–Trinajstić information content (AvgIpc) is 2.61. The summed E-state index contributed by atoms with van der Waals surface area (Å²) >= 11 is 5.97. The number of nitrogens with one attached hydrogen (secondary N) is 1. The Morgan fingerprint density at radius 3 is 2.58 bits per heavy atom. The lowest BCUT2D eigenvalue weighted by Crippen LogP contribution is -2.28. The van der Waals surface area contributed by atoms with E-state index in [0.717, 1.165) is 18.2 Å². The molecule has 0 spiro atoms. The number of rotatable bonds is 6. The molecule has 2 rings (SSSR count). The van der Waals surface area contributed by atoms with Gasteiger partial charge in [0.05, 0.1) is 17.6 Å². The normalized spacial score (nSPS) is 11.3. The molecule has 0 bridgehead atoms. The lowest BCUT2D eigenvalue weighted by atomic mass is 10.1. The molecule has 0 radical (unpaired) electrons. The fourth-order valence-electron chi connectivity index (χ4n) is 2.36. The Kier molecular flexibility index (Phi) is 6.22. The highest BCUT2D eigenvalue weighted by Crippen LogP contribution is 2.25. The third-order valence-corrected chi connectivity index (χ3v) is 5.39. The fourth-order valence-corrected chi connectivity index (χ4v) is 3.31. The van der Waals surface area contributed by atoms with Crippen molar-refractivity contribution in [1.29, 1.82) is 0 Å². The van der Waals surface area contributed by atoms with Crippen molar-refractivity contribution in [2.24, 2.45) is 0 Å². The second kappa shape index (κ2) is 8.03. The van der Waals surface area contributed by atoms with E-state index in [1.807, 2.05) is 0 Å². The molecule has 0 aliphatic rings. The zero-order valence-corrected chi connectivity index (χ0v) is 16.0. The van der Waals surface area contributed by atoms with E-state index in [-0.39, 0.29) is 17.0 Å². The molecule has 0 atom stereocenters. The molecule has 140 valence electrons. The maximum absolute atomic E-state index is 14.1. The molecule has 26 heavy (non-hydrogen) atoms. The molecule has 9 heteroatoms. The molecule has 0 saturated heterocycles. The molecule has 0 unspecified atom stereocenters. The molecule has 6 nitrogen and oxygen atoms in total. The third-order valence-electron chi connectivity index (χ3n) is 3.74. The van der Waals surface area contributed by atoms with Gasteiger partial charge in [-0.05, 0) is 43.4 Å². The summed E-state index contributed by atoms with van der Waals surface area (Å²) in [6, 6.07) is 8.01. The molecule has 1 N–H and O–H groups in total. The van der Waals surface area contributed by atoms with E-state index in [1.54, 1.807) is 18.2 Å². The topological polar surface area (TPSA) is 75.7 Å². The maximum Gasteiger partial charge on any atom is 0.256 e. The number of methoxy groups -OCH3 is 1. The highest BCUT2D eigenvalue weighted by molar-refractivity contribution is 7.89. The van der Waals surface area contributed by atoms with Crippen molar-refractivity contribution in [1.82, 2.24) is 9.62 Å². The van der Waals surface area contributed by atoms with Gasteiger partial charge < -0.3 is 9.64 Å². The monoisotopic (exact) mass is 400 g/mol. The Bertz CT molecular complexity index is 934. The van der Waals surface area contributed by atoms with E-state index in [4.69, 9.17) is 16.3 Å². The second-order valence-corrected chi connectivity index (χ2v) is 7.79. The van der Waals surface area contributed by atoms with Crippen molar-refractivity contribution >= 4 is 27.5 Å². The van der Waals surface area contributed by atoms with E-state index in [2.05, 4.69) is 4.72 Å². The van der Waals surface area contributed by atoms with Gasteiger partial charge in [0.25, 0.3) is 5.91 Å². The minimum Gasteiger partial charge on any atom is -0.496 e. The van der Waals surface area contributed by atoms with Gasteiger partial charge in [0.2, 0.25) is 10.0 Å². The van der Waals surface area contributed by atoms with Gasteiger partial charge in [-0.3, -0.25) is 4.79 Å². The zero-order chi connectivity index (χ0) is 19.5. The van der Waals surface area contributed by atoms with Gasteiger partial charge in [0, 0.05) is 24.2 Å². The Morgan fingerprint density at radius 1 is 1.27 bits per heavy atom. The van der Waals surface area contributed by atoms with Crippen molar-refractivity contribution in [3.8, 4) is 5.75 Å². The SMILES string of the molecule is CNS(=O)(=O)c1ccc(F)c(C(=O)N(C)Cc2cc(Cl)ccc2OC)c1. The van der Waals surface area contributed by atoms with Gasteiger partial charge in [0.15, 0.2) is 0 Å². The van der Waals surface area contributed by atoms with Gasteiger partial charge in [0.1, 0.15) is 11.6 Å². The van der Waals surface area contributed by atoms with Crippen molar-refractivity contribution < 1.29 is 22.3 Å². The molecule has 0 aliphatic carbocycles. The summed E-state index contributed by atoms with van der Waals surface area (Å²) in [7, 11) is 0.397. The molecule has 0 heterocycles. The smallest absolute Gasteiger partial charge is 0.256 e. The lowest BCUT2D eigenvalue weighted by Gasteiger charge is -2.20. The van der Waals surface area contributed by atoms with Crippen LogP contribution in [0.3, 0.4) is 0 Å². The largest absolute Gasteiger partial charge is 0.496 e. The Labute approximate surface area is 156 Å². The predicted octanol–water partition coefficient (Wildman–Crippen LogP) is 2.67. The average molecular weight is 401 g/mol. The van der Waals surface area contributed by atoms with Crippen LogP contribution in [0.1, 0.15) is 15.9 Å². The number of carbonyl (C=O) groups excluding carboxylic acids is 1. The maximum atomic E-state index is 14.1. The van der Waals surface area contributed by atoms with Crippen LogP contribution in [0.4, 0.5) is 4.39 Å². The molecular weight excluding hydrogens is 383 g/mol. The molecule has 2 aromatic rings. The van der Waals surface area contributed by atoms with Crippen LogP contribution in [-0.4, -0.2) is 40.4 Å². The molecule has 0 aromatic heterocycles. The molecule has 0 saturated carbocycles. The number of halogens is 2. The number of benzene rings is 2. The number of carbonyl (C=O) groups is 1. The standard InChI is InChI=1S/C17H18ClFN2O4S/c1-20-26(23,24)13-5-6-15(19)14(9-13)17(22)21(2)10-11-8-12(18)4-7-16(11)25-3/h4-9,20H,10H2,1-3H3. The molecular formula is C17H18ClFN2O4S. The van der Waals surface area contributed by atoms with Crippen molar-refractivity contribution in [2.45, 2.75) is 11.4 Å². The first-order valence-electron chi connectivity index (χ1n) is 7.50. The van der Waals surface area contributed by atoms with E-state index in [0.29, 0.717) is 16.3 Å². The zero-order valence-electron chi connectivity index (χ0n) is 14.4. The number of hydrogen-bond acceptors (Lipinski definition) is 4. The molecule has 1 amide bonds. The Morgan fingerprint density at radius 2 is 1.96 bits per heavy atom. The third kappa shape index (κ3) is 4.32. The van der Waals surface area contributed by atoms with E-state index < -0.39 is 21.7 Å². The van der Waals surface area contributed by atoms with Gasteiger partial charge in [-0.15, -0.1) is 0 Å². The van der Waals surface area contributed by atoms with Crippen LogP contribution >= 0.6 is 11.6 Å². The second-order valence-electron chi connectivity index (χ2n) is 5.47. The van der Waals surface area contributed by atoms with Gasteiger partial charge in [-0.1, -0.05) is 11.6 Å². The minimum atomic E-state index is -3.80. The minimum absolute atomic E-state index is 0.102. The van der Waals surface area contributed by atoms with Crippen molar-refractivity contribution in [2.75, 3.05) is 21.2 Å². The van der Waals surface area contributed by atoms with Crippen LogP contribution in [0.2, 0.25) is 5.02 Å². The highest BCUT2D eigenvalue weighted by atomic mass is 35.5. The van der Waals surface area contributed by atoms with Gasteiger partial charge >= 0.3 is 0 Å². The van der Waals surface area contributed by atoms with E-state index >= 15 is 0 Å².